The van der Waals surface area contributed by atoms with E-state index in [0.29, 0.717) is 0 Å². The van der Waals surface area contributed by atoms with Gasteiger partial charge in [-0.1, -0.05) is 23.2 Å². The topological polar surface area (TPSA) is 29.5 Å². The molecular formula is C8H5Cl2F3O2. The third-order valence-corrected chi connectivity index (χ3v) is 1.96. The number of phenolic OH excluding ortho intramolecular Hbond substituents is 1. The van der Waals surface area contributed by atoms with E-state index in [4.69, 9.17) is 16.7 Å². The molecule has 0 fully saturated rings. The predicted octanol–water partition coefficient (Wildman–Crippen LogP) is 3.55. The van der Waals surface area contributed by atoms with Crippen LogP contribution >= 0.6 is 23.2 Å². The number of hydrogen-bond acceptors (Lipinski definition) is 2. The molecule has 1 atom stereocenters. The molecule has 0 saturated carbocycles. The quantitative estimate of drug-likeness (QED) is 0.843. The van der Waals surface area contributed by atoms with Gasteiger partial charge in [-0.25, -0.2) is 4.39 Å². The van der Waals surface area contributed by atoms with Crippen LogP contribution in [0, 0.1) is 0 Å². The Morgan fingerprint density at radius 3 is 2.47 bits per heavy atom. The first-order valence-electron chi connectivity index (χ1n) is 3.66. The third kappa shape index (κ3) is 3.07. The van der Waals surface area contributed by atoms with Crippen LogP contribution in [-0.2, 0) is 0 Å². The molecule has 0 bridgehead atoms. The van der Waals surface area contributed by atoms with Crippen LogP contribution in [0.5, 0.6) is 11.5 Å². The van der Waals surface area contributed by atoms with E-state index in [1.165, 1.54) is 0 Å². The fourth-order valence-corrected chi connectivity index (χ4v) is 1.02. The summed E-state index contributed by atoms with van der Waals surface area (Å²) in [5.41, 5.74) is -2.98. The Balaban J connectivity index is 2.90. The first-order chi connectivity index (χ1) is 6.83. The zero-order chi connectivity index (χ0) is 11.6. The van der Waals surface area contributed by atoms with E-state index >= 15 is 0 Å². The molecule has 0 amide bonds. The molecule has 0 aliphatic rings. The van der Waals surface area contributed by atoms with Crippen LogP contribution < -0.4 is 4.74 Å². The zero-order valence-electron chi connectivity index (χ0n) is 7.05. The summed E-state index contributed by atoms with van der Waals surface area (Å²) in [6, 6.07) is 3.03. The van der Waals surface area contributed by atoms with Gasteiger partial charge >= 0.3 is 6.11 Å². The van der Waals surface area contributed by atoms with Gasteiger partial charge in [0.05, 0.1) is 5.02 Å². The van der Waals surface area contributed by atoms with Crippen molar-refractivity contribution in [2.24, 2.45) is 0 Å². The van der Waals surface area contributed by atoms with Gasteiger partial charge in [-0.05, 0) is 12.1 Å². The van der Waals surface area contributed by atoms with E-state index in [2.05, 4.69) is 16.3 Å². The Bertz CT molecular complexity index is 358. The Labute approximate surface area is 93.2 Å². The molecule has 0 spiro atoms. The second-order valence-corrected chi connectivity index (χ2v) is 3.37. The highest BCUT2D eigenvalue weighted by atomic mass is 35.5. The zero-order valence-corrected chi connectivity index (χ0v) is 8.57. The van der Waals surface area contributed by atoms with Crippen LogP contribution in [0.1, 0.15) is 0 Å². The second kappa shape index (κ2) is 4.37. The smallest absolute Gasteiger partial charge is 0.444 e. The molecule has 1 aromatic carbocycles. The summed E-state index contributed by atoms with van der Waals surface area (Å²) >= 11 is 10.0. The molecule has 2 nitrogen and oxygen atoms in total. The monoisotopic (exact) mass is 260 g/mol. The Morgan fingerprint density at radius 2 is 2.00 bits per heavy atom. The van der Waals surface area contributed by atoms with Crippen molar-refractivity contribution in [2.45, 2.75) is 11.7 Å². The molecule has 0 aliphatic heterocycles. The molecule has 0 unspecified atom stereocenters. The molecule has 1 rings (SSSR count). The summed E-state index contributed by atoms with van der Waals surface area (Å²) in [6.45, 7) is 0. The maximum Gasteiger partial charge on any atom is 0.444 e. The molecule has 0 radical (unpaired) electrons. The third-order valence-electron chi connectivity index (χ3n) is 1.42. The van der Waals surface area contributed by atoms with Crippen LogP contribution in [0.3, 0.4) is 0 Å². The highest BCUT2D eigenvalue weighted by Crippen LogP contribution is 2.34. The summed E-state index contributed by atoms with van der Waals surface area (Å²) in [7, 11) is 0. The normalized spacial score (nSPS) is 13.7. The number of aromatic hydroxyl groups is 1. The molecule has 1 aromatic rings. The number of phenols is 1. The minimum Gasteiger partial charge on any atom is -0.508 e. The average molecular weight is 261 g/mol. The van der Waals surface area contributed by atoms with E-state index in [1.54, 1.807) is 0 Å². The summed E-state index contributed by atoms with van der Waals surface area (Å²) in [5, 5.41) is 8.65. The SMILES string of the molecule is Oc1ccc(OC(F)(F)[C@@H](F)Cl)c(Cl)c1. The molecule has 7 heteroatoms. The van der Waals surface area contributed by atoms with Gasteiger partial charge in [-0.15, -0.1) is 0 Å². The lowest BCUT2D eigenvalue weighted by Gasteiger charge is -2.18. The minimum absolute atomic E-state index is 0.224. The number of halogens is 5. The lowest BCUT2D eigenvalue weighted by Crippen LogP contribution is -2.32. The minimum atomic E-state index is -4.18. The maximum atomic E-state index is 12.7. The predicted molar refractivity (Wildman–Crippen MR) is 49.4 cm³/mol. The van der Waals surface area contributed by atoms with Crippen molar-refractivity contribution in [3.63, 3.8) is 0 Å². The van der Waals surface area contributed by atoms with Crippen LogP contribution in [0.2, 0.25) is 5.02 Å². The maximum absolute atomic E-state index is 12.7. The van der Waals surface area contributed by atoms with E-state index in [0.717, 1.165) is 18.2 Å². The highest BCUT2D eigenvalue weighted by molar-refractivity contribution is 6.32. The van der Waals surface area contributed by atoms with Crippen LogP contribution in [-0.4, -0.2) is 16.8 Å². The fourth-order valence-electron chi connectivity index (χ4n) is 0.764. The first kappa shape index (κ1) is 12.3. The number of alkyl halides is 4. The fraction of sp³-hybridized carbons (Fsp3) is 0.250. The van der Waals surface area contributed by atoms with Crippen LogP contribution in [0.25, 0.3) is 0 Å². The Kier molecular flexibility index (Phi) is 3.57. The van der Waals surface area contributed by atoms with Crippen molar-refractivity contribution in [1.82, 2.24) is 0 Å². The average Bonchev–Trinajstić information content (AvgIpc) is 2.09. The highest BCUT2D eigenvalue weighted by Gasteiger charge is 2.42. The number of rotatable bonds is 3. The summed E-state index contributed by atoms with van der Waals surface area (Å²) in [5.74, 6) is -0.693. The van der Waals surface area contributed by atoms with E-state index < -0.39 is 17.5 Å². The molecular weight excluding hydrogens is 256 g/mol. The van der Waals surface area contributed by atoms with Crippen molar-refractivity contribution in [1.29, 1.82) is 0 Å². The molecule has 1 N–H and O–H groups in total. The molecule has 0 saturated heterocycles. The van der Waals surface area contributed by atoms with Crippen molar-refractivity contribution < 1.29 is 23.0 Å². The number of ether oxygens (including phenoxy) is 1. The number of benzene rings is 1. The Morgan fingerprint density at radius 1 is 1.40 bits per heavy atom. The van der Waals surface area contributed by atoms with Crippen LogP contribution in [0.4, 0.5) is 13.2 Å². The standard InChI is InChI=1S/C8H5Cl2F3O2/c9-5-3-4(14)1-2-6(5)15-8(12,13)7(10)11/h1-3,7,14H/t7-/m1/s1. The van der Waals surface area contributed by atoms with Crippen LogP contribution in [0.15, 0.2) is 18.2 Å². The van der Waals surface area contributed by atoms with Gasteiger partial charge in [0.15, 0.2) is 0 Å². The van der Waals surface area contributed by atoms with Gasteiger partial charge in [0, 0.05) is 6.07 Å². The number of hydrogen-bond donors (Lipinski definition) is 1. The van der Waals surface area contributed by atoms with Crippen molar-refractivity contribution in [2.75, 3.05) is 0 Å². The molecule has 0 aliphatic carbocycles. The lowest BCUT2D eigenvalue weighted by molar-refractivity contribution is -0.198. The van der Waals surface area contributed by atoms with Crippen molar-refractivity contribution in [3.05, 3.63) is 23.2 Å². The van der Waals surface area contributed by atoms with E-state index in [-0.39, 0.29) is 10.8 Å². The molecule has 0 heterocycles. The van der Waals surface area contributed by atoms with E-state index in [9.17, 15) is 13.2 Å². The van der Waals surface area contributed by atoms with Gasteiger partial charge in [0.2, 0.25) is 0 Å². The van der Waals surface area contributed by atoms with E-state index in [1.807, 2.05) is 0 Å². The van der Waals surface area contributed by atoms with Gasteiger partial charge in [0.25, 0.3) is 5.63 Å². The van der Waals surface area contributed by atoms with Crippen molar-refractivity contribution in [3.8, 4) is 11.5 Å². The second-order valence-electron chi connectivity index (χ2n) is 2.58. The van der Waals surface area contributed by atoms with Gasteiger partial charge in [0.1, 0.15) is 11.5 Å². The van der Waals surface area contributed by atoms with Crippen molar-refractivity contribution >= 4 is 23.2 Å². The molecule has 0 aromatic heterocycles. The Hall–Kier alpha value is -0.810. The van der Waals surface area contributed by atoms with Gasteiger partial charge in [-0.3, -0.25) is 0 Å². The summed E-state index contributed by atoms with van der Waals surface area (Å²) in [6.07, 6.45) is -4.18. The lowest BCUT2D eigenvalue weighted by atomic mass is 10.3. The molecule has 84 valence electrons. The van der Waals surface area contributed by atoms with Gasteiger partial charge < -0.3 is 9.84 Å². The van der Waals surface area contributed by atoms with Gasteiger partial charge in [-0.2, -0.15) is 8.78 Å². The summed E-state index contributed by atoms with van der Waals surface area (Å²) in [4.78, 5) is 0. The largest absolute Gasteiger partial charge is 0.508 e. The first-order valence-corrected chi connectivity index (χ1v) is 4.48. The summed E-state index contributed by atoms with van der Waals surface area (Å²) < 4.78 is 41.5. The molecule has 15 heavy (non-hydrogen) atoms.